The highest BCUT2D eigenvalue weighted by atomic mass is 16.5. The van der Waals surface area contributed by atoms with Crippen molar-refractivity contribution in [3.8, 4) is 0 Å². The number of unbranched alkanes of at least 4 members (excludes halogenated alkanes) is 3. The van der Waals surface area contributed by atoms with Gasteiger partial charge >= 0.3 is 0 Å². The largest absolute Gasteiger partial charge is 0.379 e. The number of carbonyl (C=O) groups excluding carboxylic acids is 1. The van der Waals surface area contributed by atoms with Crippen LogP contribution in [0, 0.1) is 5.92 Å². The molecule has 0 heterocycles. The summed E-state index contributed by atoms with van der Waals surface area (Å²) < 4.78 is 5.48. The minimum Gasteiger partial charge on any atom is -0.379 e. The zero-order valence-electron chi connectivity index (χ0n) is 13.3. The van der Waals surface area contributed by atoms with Crippen molar-refractivity contribution in [2.45, 2.75) is 72.3 Å². The first kappa shape index (κ1) is 18.6. The van der Waals surface area contributed by atoms with Gasteiger partial charge in [0.25, 0.3) is 0 Å². The summed E-state index contributed by atoms with van der Waals surface area (Å²) in [6.07, 6.45) is 6.79. The van der Waals surface area contributed by atoms with Gasteiger partial charge < -0.3 is 10.1 Å². The lowest BCUT2D eigenvalue weighted by Gasteiger charge is -2.08. The Labute approximate surface area is 119 Å². The molecule has 0 aromatic carbocycles. The molecule has 0 spiro atoms. The molecule has 0 fully saturated rings. The van der Waals surface area contributed by atoms with Crippen LogP contribution in [0.15, 0.2) is 0 Å². The van der Waals surface area contributed by atoms with Crippen LogP contribution in [0.25, 0.3) is 0 Å². The number of ether oxygens (including phenoxy) is 1. The maximum absolute atomic E-state index is 11.4. The molecular weight excluding hydrogens is 238 g/mol. The Kier molecular flexibility index (Phi) is 12.3. The highest BCUT2D eigenvalue weighted by molar-refractivity contribution is 5.80. The van der Waals surface area contributed by atoms with Crippen LogP contribution in [-0.2, 0) is 9.53 Å². The summed E-state index contributed by atoms with van der Waals surface area (Å²) in [6, 6.07) is 0. The topological polar surface area (TPSA) is 38.3 Å². The Morgan fingerprint density at radius 2 is 1.58 bits per heavy atom. The molecule has 0 aromatic rings. The minimum absolute atomic E-state index is 0.200. The number of hydrogen-bond acceptors (Lipinski definition) is 3. The van der Waals surface area contributed by atoms with E-state index in [1.807, 2.05) is 13.8 Å². The molecule has 0 bridgehead atoms. The van der Waals surface area contributed by atoms with E-state index in [9.17, 15) is 4.79 Å². The van der Waals surface area contributed by atoms with E-state index in [0.29, 0.717) is 11.9 Å². The Morgan fingerprint density at radius 3 is 2.16 bits per heavy atom. The SMILES string of the molecule is CC(C)OCCCCNCCCCCC(=O)C(C)C. The van der Waals surface area contributed by atoms with E-state index in [1.54, 1.807) is 0 Å². The Balaban J connectivity index is 3.09. The monoisotopic (exact) mass is 271 g/mol. The second-order valence-electron chi connectivity index (χ2n) is 5.81. The van der Waals surface area contributed by atoms with Crippen LogP contribution in [0.2, 0.25) is 0 Å². The van der Waals surface area contributed by atoms with Crippen LogP contribution < -0.4 is 5.32 Å². The number of hydrogen-bond donors (Lipinski definition) is 1. The first-order chi connectivity index (χ1) is 9.04. The molecule has 0 atom stereocenters. The van der Waals surface area contributed by atoms with Gasteiger partial charge in [0.2, 0.25) is 0 Å². The maximum Gasteiger partial charge on any atom is 0.135 e. The lowest BCUT2D eigenvalue weighted by molar-refractivity contribution is -0.122. The number of nitrogens with one attached hydrogen (secondary N) is 1. The van der Waals surface area contributed by atoms with Crippen molar-refractivity contribution in [2.24, 2.45) is 5.92 Å². The van der Waals surface area contributed by atoms with Gasteiger partial charge in [-0.15, -0.1) is 0 Å². The summed E-state index contributed by atoms with van der Waals surface area (Å²) in [7, 11) is 0. The van der Waals surface area contributed by atoms with Crippen LogP contribution >= 0.6 is 0 Å². The second-order valence-corrected chi connectivity index (χ2v) is 5.81. The van der Waals surface area contributed by atoms with Crippen molar-refractivity contribution in [1.29, 1.82) is 0 Å². The Morgan fingerprint density at radius 1 is 0.947 bits per heavy atom. The van der Waals surface area contributed by atoms with Crippen molar-refractivity contribution in [3.63, 3.8) is 0 Å². The molecule has 0 saturated carbocycles. The normalized spacial score (nSPS) is 11.5. The molecule has 19 heavy (non-hydrogen) atoms. The van der Waals surface area contributed by atoms with Crippen LogP contribution in [0.3, 0.4) is 0 Å². The Bertz CT molecular complexity index is 215. The van der Waals surface area contributed by atoms with E-state index < -0.39 is 0 Å². The molecular formula is C16H33NO2. The molecule has 3 heteroatoms. The van der Waals surface area contributed by atoms with Gasteiger partial charge in [0.05, 0.1) is 6.10 Å². The third-order valence-electron chi connectivity index (χ3n) is 3.12. The molecule has 0 aliphatic heterocycles. The first-order valence-corrected chi connectivity index (χ1v) is 7.89. The number of carbonyl (C=O) groups is 1. The summed E-state index contributed by atoms with van der Waals surface area (Å²) in [4.78, 5) is 11.4. The molecule has 1 N–H and O–H groups in total. The molecule has 0 aliphatic rings. The quantitative estimate of drug-likeness (QED) is 0.520. The third kappa shape index (κ3) is 13.8. The summed E-state index contributed by atoms with van der Waals surface area (Å²) in [5, 5.41) is 3.44. The van der Waals surface area contributed by atoms with Crippen LogP contribution in [0.1, 0.15) is 66.2 Å². The molecule has 0 radical (unpaired) electrons. The third-order valence-corrected chi connectivity index (χ3v) is 3.12. The first-order valence-electron chi connectivity index (χ1n) is 7.89. The number of rotatable bonds is 13. The summed E-state index contributed by atoms with van der Waals surface area (Å²) in [6.45, 7) is 11.1. The molecule has 114 valence electrons. The van der Waals surface area contributed by atoms with Gasteiger partial charge in [-0.1, -0.05) is 20.3 Å². The van der Waals surface area contributed by atoms with Crippen molar-refractivity contribution in [2.75, 3.05) is 19.7 Å². The minimum atomic E-state index is 0.200. The zero-order chi connectivity index (χ0) is 14.5. The van der Waals surface area contributed by atoms with E-state index in [2.05, 4.69) is 19.2 Å². The van der Waals surface area contributed by atoms with Gasteiger partial charge in [0, 0.05) is 18.9 Å². The van der Waals surface area contributed by atoms with E-state index in [-0.39, 0.29) is 5.92 Å². The maximum atomic E-state index is 11.4. The highest BCUT2D eigenvalue weighted by Crippen LogP contribution is 2.05. The van der Waals surface area contributed by atoms with E-state index in [0.717, 1.165) is 45.4 Å². The number of Topliss-reactive ketones (excluding diaryl/α,β-unsaturated/α-hetero) is 1. The highest BCUT2D eigenvalue weighted by Gasteiger charge is 2.05. The second kappa shape index (κ2) is 12.6. The lowest BCUT2D eigenvalue weighted by atomic mass is 10.0. The smallest absolute Gasteiger partial charge is 0.135 e. The summed E-state index contributed by atoms with van der Waals surface area (Å²) in [5.74, 6) is 0.601. The molecule has 0 aliphatic carbocycles. The molecule has 3 nitrogen and oxygen atoms in total. The van der Waals surface area contributed by atoms with Crippen LogP contribution in [0.4, 0.5) is 0 Å². The van der Waals surface area contributed by atoms with E-state index in [1.165, 1.54) is 12.8 Å². The van der Waals surface area contributed by atoms with Gasteiger partial charge in [0.1, 0.15) is 5.78 Å². The lowest BCUT2D eigenvalue weighted by Crippen LogP contribution is -2.17. The molecule has 0 saturated heterocycles. The molecule has 0 amide bonds. The van der Waals surface area contributed by atoms with Crippen molar-refractivity contribution >= 4 is 5.78 Å². The van der Waals surface area contributed by atoms with Gasteiger partial charge in [-0.05, 0) is 52.6 Å². The zero-order valence-corrected chi connectivity index (χ0v) is 13.3. The fraction of sp³-hybridized carbons (Fsp3) is 0.938. The van der Waals surface area contributed by atoms with Crippen molar-refractivity contribution < 1.29 is 9.53 Å². The summed E-state index contributed by atoms with van der Waals surface area (Å²) in [5.41, 5.74) is 0. The average molecular weight is 271 g/mol. The molecule has 0 unspecified atom stereocenters. The fourth-order valence-electron chi connectivity index (χ4n) is 1.81. The standard InChI is InChI=1S/C16H33NO2/c1-14(2)16(18)10-6-5-7-11-17-12-8-9-13-19-15(3)4/h14-15,17H,5-13H2,1-4H3. The van der Waals surface area contributed by atoms with Gasteiger partial charge in [-0.2, -0.15) is 0 Å². The Hall–Kier alpha value is -0.410. The van der Waals surface area contributed by atoms with E-state index in [4.69, 9.17) is 4.74 Å². The van der Waals surface area contributed by atoms with Gasteiger partial charge in [-0.25, -0.2) is 0 Å². The van der Waals surface area contributed by atoms with Crippen LogP contribution in [-0.4, -0.2) is 31.6 Å². The van der Waals surface area contributed by atoms with E-state index >= 15 is 0 Å². The van der Waals surface area contributed by atoms with Gasteiger partial charge in [-0.3, -0.25) is 4.79 Å². The van der Waals surface area contributed by atoms with Crippen LogP contribution in [0.5, 0.6) is 0 Å². The predicted molar refractivity (Wildman–Crippen MR) is 81.5 cm³/mol. The average Bonchev–Trinajstić information content (AvgIpc) is 2.35. The molecule has 0 rings (SSSR count). The number of ketones is 1. The molecule has 0 aromatic heterocycles. The van der Waals surface area contributed by atoms with Crippen molar-refractivity contribution in [1.82, 2.24) is 5.32 Å². The predicted octanol–water partition coefficient (Wildman–Crippen LogP) is 3.57. The van der Waals surface area contributed by atoms with Crippen molar-refractivity contribution in [3.05, 3.63) is 0 Å². The van der Waals surface area contributed by atoms with Gasteiger partial charge in [0.15, 0.2) is 0 Å². The summed E-state index contributed by atoms with van der Waals surface area (Å²) >= 11 is 0. The fourth-order valence-corrected chi connectivity index (χ4v) is 1.81.